The molecule has 0 saturated carbocycles. The molecule has 2 aromatic carbocycles. The SMILES string of the molecule is Cc1ccc(O)c([C@H](N)[C@H](O)Cc2ccccc2)c1. The highest BCUT2D eigenvalue weighted by Gasteiger charge is 2.20. The van der Waals surface area contributed by atoms with Gasteiger partial charge in [-0.15, -0.1) is 0 Å². The molecule has 0 aromatic heterocycles. The van der Waals surface area contributed by atoms with Gasteiger partial charge in [-0.25, -0.2) is 0 Å². The van der Waals surface area contributed by atoms with E-state index in [-0.39, 0.29) is 5.75 Å². The summed E-state index contributed by atoms with van der Waals surface area (Å²) >= 11 is 0. The van der Waals surface area contributed by atoms with Crippen molar-refractivity contribution >= 4 is 0 Å². The molecule has 3 heteroatoms. The quantitative estimate of drug-likeness (QED) is 0.787. The van der Waals surface area contributed by atoms with Crippen molar-refractivity contribution in [2.75, 3.05) is 0 Å². The number of aryl methyl sites for hydroxylation is 1. The van der Waals surface area contributed by atoms with E-state index in [9.17, 15) is 10.2 Å². The molecule has 4 N–H and O–H groups in total. The second-order valence-electron chi connectivity index (χ2n) is 4.85. The molecule has 19 heavy (non-hydrogen) atoms. The van der Waals surface area contributed by atoms with Gasteiger partial charge in [0.05, 0.1) is 12.1 Å². The van der Waals surface area contributed by atoms with E-state index in [0.717, 1.165) is 11.1 Å². The van der Waals surface area contributed by atoms with Crippen molar-refractivity contribution in [1.82, 2.24) is 0 Å². The lowest BCUT2D eigenvalue weighted by Crippen LogP contribution is -2.28. The fourth-order valence-electron chi connectivity index (χ4n) is 2.13. The topological polar surface area (TPSA) is 66.5 Å². The van der Waals surface area contributed by atoms with Crippen LogP contribution in [0.25, 0.3) is 0 Å². The minimum atomic E-state index is -0.727. The van der Waals surface area contributed by atoms with Crippen molar-refractivity contribution in [2.45, 2.75) is 25.5 Å². The fraction of sp³-hybridized carbons (Fsp3) is 0.250. The molecule has 0 amide bonds. The zero-order chi connectivity index (χ0) is 13.8. The average molecular weight is 257 g/mol. The van der Waals surface area contributed by atoms with Gasteiger partial charge in [-0.3, -0.25) is 0 Å². The molecule has 100 valence electrons. The summed E-state index contributed by atoms with van der Waals surface area (Å²) in [7, 11) is 0. The van der Waals surface area contributed by atoms with E-state index in [1.807, 2.05) is 49.4 Å². The number of aromatic hydroxyl groups is 1. The standard InChI is InChI=1S/C16H19NO2/c1-11-7-8-14(18)13(9-11)16(17)15(19)10-12-5-3-2-4-6-12/h2-9,15-16,18-19H,10,17H2,1H3/t15-,16+/m1/s1. The predicted octanol–water partition coefficient (Wildman–Crippen LogP) is 2.30. The minimum absolute atomic E-state index is 0.130. The summed E-state index contributed by atoms with van der Waals surface area (Å²) in [5.41, 5.74) is 8.67. The Hall–Kier alpha value is -1.84. The summed E-state index contributed by atoms with van der Waals surface area (Å²) in [5.74, 6) is 0.130. The first kappa shape index (κ1) is 13.6. The van der Waals surface area contributed by atoms with Crippen molar-refractivity contribution < 1.29 is 10.2 Å². The molecular formula is C16H19NO2. The van der Waals surface area contributed by atoms with E-state index in [1.54, 1.807) is 6.07 Å². The minimum Gasteiger partial charge on any atom is -0.508 e. The van der Waals surface area contributed by atoms with E-state index in [1.165, 1.54) is 0 Å². The molecule has 2 aromatic rings. The van der Waals surface area contributed by atoms with Gasteiger partial charge in [0, 0.05) is 12.0 Å². The average Bonchev–Trinajstić information content (AvgIpc) is 2.42. The number of nitrogens with two attached hydrogens (primary N) is 1. The number of hydrogen-bond acceptors (Lipinski definition) is 3. The van der Waals surface area contributed by atoms with Crippen LogP contribution in [0.5, 0.6) is 5.75 Å². The molecule has 0 aliphatic heterocycles. The zero-order valence-corrected chi connectivity index (χ0v) is 11.0. The van der Waals surface area contributed by atoms with Crippen molar-refractivity contribution in [1.29, 1.82) is 0 Å². The first-order valence-electron chi connectivity index (χ1n) is 6.35. The Kier molecular flexibility index (Phi) is 4.20. The highest BCUT2D eigenvalue weighted by atomic mass is 16.3. The first-order valence-corrected chi connectivity index (χ1v) is 6.35. The molecule has 0 fully saturated rings. The van der Waals surface area contributed by atoms with Crippen LogP contribution >= 0.6 is 0 Å². The first-order chi connectivity index (χ1) is 9.08. The Labute approximate surface area is 113 Å². The number of rotatable bonds is 4. The van der Waals surface area contributed by atoms with E-state index in [2.05, 4.69) is 0 Å². The van der Waals surface area contributed by atoms with Crippen LogP contribution in [0.3, 0.4) is 0 Å². The molecule has 0 unspecified atom stereocenters. The normalized spacial score (nSPS) is 14.1. The molecule has 0 bridgehead atoms. The summed E-state index contributed by atoms with van der Waals surface area (Å²) in [4.78, 5) is 0. The number of phenols is 1. The molecular weight excluding hydrogens is 238 g/mol. The van der Waals surface area contributed by atoms with Crippen molar-refractivity contribution in [2.24, 2.45) is 5.73 Å². The lowest BCUT2D eigenvalue weighted by molar-refractivity contribution is 0.143. The third kappa shape index (κ3) is 3.34. The fourth-order valence-corrected chi connectivity index (χ4v) is 2.13. The highest BCUT2D eigenvalue weighted by Crippen LogP contribution is 2.27. The van der Waals surface area contributed by atoms with Crippen LogP contribution in [0.1, 0.15) is 22.7 Å². The number of aliphatic hydroxyl groups excluding tert-OH is 1. The van der Waals surface area contributed by atoms with E-state index in [4.69, 9.17) is 5.73 Å². The van der Waals surface area contributed by atoms with Gasteiger partial charge in [-0.05, 0) is 18.6 Å². The molecule has 0 spiro atoms. The predicted molar refractivity (Wildman–Crippen MR) is 75.9 cm³/mol. The maximum atomic E-state index is 10.2. The second kappa shape index (κ2) is 5.87. The third-order valence-corrected chi connectivity index (χ3v) is 3.24. The summed E-state index contributed by atoms with van der Waals surface area (Å²) in [6.07, 6.45) is -0.259. The van der Waals surface area contributed by atoms with E-state index in [0.29, 0.717) is 12.0 Å². The van der Waals surface area contributed by atoms with Gasteiger partial charge >= 0.3 is 0 Å². The van der Waals surface area contributed by atoms with Crippen molar-refractivity contribution in [3.63, 3.8) is 0 Å². The monoisotopic (exact) mass is 257 g/mol. The molecule has 0 radical (unpaired) electrons. The Morgan fingerprint density at radius 1 is 1.11 bits per heavy atom. The van der Waals surface area contributed by atoms with Crippen LogP contribution in [0.2, 0.25) is 0 Å². The van der Waals surface area contributed by atoms with Gasteiger partial charge in [0.25, 0.3) is 0 Å². The van der Waals surface area contributed by atoms with Crippen LogP contribution in [0.15, 0.2) is 48.5 Å². The van der Waals surface area contributed by atoms with Gasteiger partial charge in [0.1, 0.15) is 5.75 Å². The van der Waals surface area contributed by atoms with E-state index >= 15 is 0 Å². The van der Waals surface area contributed by atoms with Crippen LogP contribution in [0.4, 0.5) is 0 Å². The molecule has 2 atom stereocenters. The Bertz CT molecular complexity index is 540. The van der Waals surface area contributed by atoms with Gasteiger partial charge in [0.15, 0.2) is 0 Å². The van der Waals surface area contributed by atoms with Gasteiger partial charge in [-0.2, -0.15) is 0 Å². The molecule has 2 rings (SSSR count). The van der Waals surface area contributed by atoms with Gasteiger partial charge in [0.2, 0.25) is 0 Å². The molecule has 3 nitrogen and oxygen atoms in total. The van der Waals surface area contributed by atoms with Crippen LogP contribution in [0, 0.1) is 6.92 Å². The molecule has 0 saturated heterocycles. The summed E-state index contributed by atoms with van der Waals surface area (Å²) in [6.45, 7) is 1.93. The number of phenolic OH excluding ortho intramolecular Hbond substituents is 1. The lowest BCUT2D eigenvalue weighted by atomic mass is 9.95. The highest BCUT2D eigenvalue weighted by molar-refractivity contribution is 5.38. The van der Waals surface area contributed by atoms with Gasteiger partial charge in [-0.1, -0.05) is 48.0 Å². The van der Waals surface area contributed by atoms with Crippen LogP contribution in [-0.4, -0.2) is 16.3 Å². The summed E-state index contributed by atoms with van der Waals surface area (Å²) in [5, 5.41) is 20.0. The van der Waals surface area contributed by atoms with Crippen molar-refractivity contribution in [3.8, 4) is 5.75 Å². The maximum Gasteiger partial charge on any atom is 0.120 e. The van der Waals surface area contributed by atoms with Crippen LogP contribution in [-0.2, 0) is 6.42 Å². The zero-order valence-electron chi connectivity index (χ0n) is 11.0. The molecule has 0 heterocycles. The Morgan fingerprint density at radius 2 is 1.79 bits per heavy atom. The summed E-state index contributed by atoms with van der Waals surface area (Å²) < 4.78 is 0. The smallest absolute Gasteiger partial charge is 0.120 e. The van der Waals surface area contributed by atoms with Crippen LogP contribution < -0.4 is 5.73 Å². The molecule has 0 aliphatic rings. The van der Waals surface area contributed by atoms with E-state index < -0.39 is 12.1 Å². The summed E-state index contributed by atoms with van der Waals surface area (Å²) in [6, 6.07) is 14.3. The number of aliphatic hydroxyl groups is 1. The maximum absolute atomic E-state index is 10.2. The van der Waals surface area contributed by atoms with Gasteiger partial charge < -0.3 is 15.9 Å². The number of benzene rings is 2. The lowest BCUT2D eigenvalue weighted by Gasteiger charge is -2.20. The molecule has 0 aliphatic carbocycles. The third-order valence-electron chi connectivity index (χ3n) is 3.24. The van der Waals surface area contributed by atoms with Crippen molar-refractivity contribution in [3.05, 3.63) is 65.2 Å². The largest absolute Gasteiger partial charge is 0.508 e. The Balaban J connectivity index is 2.14. The second-order valence-corrected chi connectivity index (χ2v) is 4.85. The Morgan fingerprint density at radius 3 is 2.47 bits per heavy atom. The number of hydrogen-bond donors (Lipinski definition) is 3.